The smallest absolute Gasteiger partial charge is 0.244 e. The number of nitrogens with zero attached hydrogens (tertiary/aromatic N) is 3. The van der Waals surface area contributed by atoms with E-state index in [4.69, 9.17) is 0 Å². The summed E-state index contributed by atoms with van der Waals surface area (Å²) in [6.07, 6.45) is 3.50. The van der Waals surface area contributed by atoms with Gasteiger partial charge in [-0.1, -0.05) is 12.1 Å². The standard InChI is InChI=1S/C15H16BrN3O2S/c16-14-3-1-2-4-15(14)22(20,21)19-11-9-18(10-12-19)13-5-7-17-8-6-13/h1-8H,9-12H2. The molecule has 1 aliphatic rings. The quantitative estimate of drug-likeness (QED) is 0.818. The highest BCUT2D eigenvalue weighted by Gasteiger charge is 2.29. The Morgan fingerprint density at radius 3 is 2.23 bits per heavy atom. The van der Waals surface area contributed by atoms with Gasteiger partial charge >= 0.3 is 0 Å². The summed E-state index contributed by atoms with van der Waals surface area (Å²) in [4.78, 5) is 6.51. The lowest BCUT2D eigenvalue weighted by atomic mass is 10.3. The Balaban J connectivity index is 1.75. The second-order valence-corrected chi connectivity index (χ2v) is 7.79. The predicted molar refractivity (Wildman–Crippen MR) is 89.4 cm³/mol. The molecule has 1 fully saturated rings. The minimum absolute atomic E-state index is 0.326. The van der Waals surface area contributed by atoms with E-state index in [9.17, 15) is 8.42 Å². The van der Waals surface area contributed by atoms with E-state index in [0.29, 0.717) is 35.5 Å². The Kier molecular flexibility index (Phi) is 4.46. The molecule has 7 heteroatoms. The van der Waals surface area contributed by atoms with Crippen LogP contribution >= 0.6 is 15.9 Å². The zero-order valence-corrected chi connectivity index (χ0v) is 14.3. The van der Waals surface area contributed by atoms with Gasteiger partial charge in [-0.3, -0.25) is 4.98 Å². The topological polar surface area (TPSA) is 53.5 Å². The second-order valence-electron chi connectivity index (χ2n) is 5.03. The minimum atomic E-state index is -3.45. The predicted octanol–water partition coefficient (Wildman–Crippen LogP) is 2.36. The fraction of sp³-hybridized carbons (Fsp3) is 0.267. The van der Waals surface area contributed by atoms with Gasteiger partial charge in [0.05, 0.1) is 4.90 Å². The van der Waals surface area contributed by atoms with Crippen LogP contribution in [0.2, 0.25) is 0 Å². The molecule has 0 amide bonds. The SMILES string of the molecule is O=S(=O)(c1ccccc1Br)N1CCN(c2ccncc2)CC1. The molecule has 0 saturated carbocycles. The fourth-order valence-electron chi connectivity index (χ4n) is 2.53. The van der Waals surface area contributed by atoms with Crippen LogP contribution in [0.1, 0.15) is 0 Å². The van der Waals surface area contributed by atoms with Gasteiger partial charge in [-0.05, 0) is 40.2 Å². The van der Waals surface area contributed by atoms with Gasteiger partial charge in [0.2, 0.25) is 10.0 Å². The number of aromatic nitrogens is 1. The van der Waals surface area contributed by atoms with E-state index in [0.717, 1.165) is 5.69 Å². The van der Waals surface area contributed by atoms with Crippen molar-refractivity contribution >= 4 is 31.6 Å². The molecular formula is C15H16BrN3O2S. The molecule has 1 aromatic heterocycles. The third-order valence-corrected chi connectivity index (χ3v) is 6.63. The lowest BCUT2D eigenvalue weighted by Crippen LogP contribution is -2.48. The highest BCUT2D eigenvalue weighted by Crippen LogP contribution is 2.26. The fourth-order valence-corrected chi connectivity index (χ4v) is 4.92. The van der Waals surface area contributed by atoms with Gasteiger partial charge in [-0.15, -0.1) is 0 Å². The summed E-state index contributed by atoms with van der Waals surface area (Å²) in [5.41, 5.74) is 1.08. The molecule has 0 radical (unpaired) electrons. The molecule has 2 heterocycles. The van der Waals surface area contributed by atoms with Crippen LogP contribution in [0.4, 0.5) is 5.69 Å². The van der Waals surface area contributed by atoms with Gasteiger partial charge in [-0.2, -0.15) is 4.31 Å². The van der Waals surface area contributed by atoms with Crippen molar-refractivity contribution in [3.05, 3.63) is 53.3 Å². The van der Waals surface area contributed by atoms with Crippen molar-refractivity contribution in [3.8, 4) is 0 Å². The summed E-state index contributed by atoms with van der Waals surface area (Å²) in [5.74, 6) is 0. The largest absolute Gasteiger partial charge is 0.369 e. The van der Waals surface area contributed by atoms with Crippen molar-refractivity contribution in [2.75, 3.05) is 31.1 Å². The molecule has 5 nitrogen and oxygen atoms in total. The number of piperazine rings is 1. The highest BCUT2D eigenvalue weighted by molar-refractivity contribution is 9.10. The molecule has 3 rings (SSSR count). The first kappa shape index (κ1) is 15.5. The van der Waals surface area contributed by atoms with Crippen molar-refractivity contribution in [3.63, 3.8) is 0 Å². The van der Waals surface area contributed by atoms with Gasteiger partial charge in [0, 0.05) is 48.7 Å². The molecule has 0 aliphatic carbocycles. The van der Waals surface area contributed by atoms with Crippen LogP contribution in [0, 0.1) is 0 Å². The zero-order chi connectivity index (χ0) is 15.6. The van der Waals surface area contributed by atoms with E-state index in [2.05, 4.69) is 25.8 Å². The van der Waals surface area contributed by atoms with Crippen LogP contribution in [0.5, 0.6) is 0 Å². The van der Waals surface area contributed by atoms with E-state index in [1.54, 1.807) is 34.9 Å². The molecular weight excluding hydrogens is 366 g/mol. The first-order valence-electron chi connectivity index (χ1n) is 6.99. The number of hydrogen-bond donors (Lipinski definition) is 0. The van der Waals surface area contributed by atoms with Gasteiger partial charge in [0.15, 0.2) is 0 Å². The lowest BCUT2D eigenvalue weighted by molar-refractivity contribution is 0.384. The second kappa shape index (κ2) is 6.36. The van der Waals surface area contributed by atoms with Crippen LogP contribution in [-0.2, 0) is 10.0 Å². The van der Waals surface area contributed by atoms with E-state index in [-0.39, 0.29) is 0 Å². The summed E-state index contributed by atoms with van der Waals surface area (Å²) >= 11 is 3.32. The summed E-state index contributed by atoms with van der Waals surface area (Å²) in [6.45, 7) is 2.30. The lowest BCUT2D eigenvalue weighted by Gasteiger charge is -2.35. The Labute approximate surface area is 138 Å². The zero-order valence-electron chi connectivity index (χ0n) is 11.9. The molecule has 2 aromatic rings. The van der Waals surface area contributed by atoms with Crippen molar-refractivity contribution in [2.45, 2.75) is 4.90 Å². The maximum absolute atomic E-state index is 12.7. The Bertz CT molecular complexity index is 744. The molecule has 116 valence electrons. The summed E-state index contributed by atoms with van der Waals surface area (Å²) in [7, 11) is -3.45. The summed E-state index contributed by atoms with van der Waals surface area (Å²) in [6, 6.07) is 10.8. The highest BCUT2D eigenvalue weighted by atomic mass is 79.9. The van der Waals surface area contributed by atoms with Crippen molar-refractivity contribution in [1.82, 2.24) is 9.29 Å². The molecule has 0 bridgehead atoms. The average molecular weight is 382 g/mol. The summed E-state index contributed by atoms with van der Waals surface area (Å²) in [5, 5.41) is 0. The van der Waals surface area contributed by atoms with Crippen LogP contribution < -0.4 is 4.90 Å². The third-order valence-electron chi connectivity index (χ3n) is 3.72. The number of benzene rings is 1. The number of anilines is 1. The Hall–Kier alpha value is -1.44. The first-order valence-corrected chi connectivity index (χ1v) is 9.22. The Morgan fingerprint density at radius 1 is 0.955 bits per heavy atom. The number of hydrogen-bond acceptors (Lipinski definition) is 4. The number of pyridine rings is 1. The maximum Gasteiger partial charge on any atom is 0.244 e. The van der Waals surface area contributed by atoms with Crippen molar-refractivity contribution < 1.29 is 8.42 Å². The number of sulfonamides is 1. The maximum atomic E-state index is 12.7. The third kappa shape index (κ3) is 3.02. The molecule has 22 heavy (non-hydrogen) atoms. The van der Waals surface area contributed by atoms with Gasteiger partial charge in [0.25, 0.3) is 0 Å². The van der Waals surface area contributed by atoms with E-state index < -0.39 is 10.0 Å². The van der Waals surface area contributed by atoms with E-state index in [1.165, 1.54) is 0 Å². The van der Waals surface area contributed by atoms with Crippen LogP contribution in [0.15, 0.2) is 58.2 Å². The summed E-state index contributed by atoms with van der Waals surface area (Å²) < 4.78 is 27.6. The molecule has 1 aromatic carbocycles. The van der Waals surface area contributed by atoms with Crippen molar-refractivity contribution in [2.24, 2.45) is 0 Å². The van der Waals surface area contributed by atoms with Crippen LogP contribution in [0.25, 0.3) is 0 Å². The van der Waals surface area contributed by atoms with Crippen LogP contribution in [0.3, 0.4) is 0 Å². The first-order chi connectivity index (χ1) is 10.6. The molecule has 1 aliphatic heterocycles. The number of rotatable bonds is 3. The number of halogens is 1. The molecule has 0 unspecified atom stereocenters. The normalized spacial score (nSPS) is 16.7. The average Bonchev–Trinajstić information content (AvgIpc) is 2.56. The molecule has 1 saturated heterocycles. The molecule has 0 N–H and O–H groups in total. The Morgan fingerprint density at radius 2 is 1.59 bits per heavy atom. The van der Waals surface area contributed by atoms with Gasteiger partial charge < -0.3 is 4.90 Å². The minimum Gasteiger partial charge on any atom is -0.369 e. The van der Waals surface area contributed by atoms with Gasteiger partial charge in [0.1, 0.15) is 0 Å². The monoisotopic (exact) mass is 381 g/mol. The van der Waals surface area contributed by atoms with Gasteiger partial charge in [-0.25, -0.2) is 8.42 Å². The molecule has 0 spiro atoms. The molecule has 0 atom stereocenters. The van der Waals surface area contributed by atoms with E-state index >= 15 is 0 Å². The van der Waals surface area contributed by atoms with E-state index in [1.807, 2.05) is 18.2 Å². The van der Waals surface area contributed by atoms with Crippen molar-refractivity contribution in [1.29, 1.82) is 0 Å². The van der Waals surface area contributed by atoms with Crippen LogP contribution in [-0.4, -0.2) is 43.9 Å².